The number of aliphatic hydroxyl groups excluding tert-OH is 1. The summed E-state index contributed by atoms with van der Waals surface area (Å²) < 4.78 is 19.5. The summed E-state index contributed by atoms with van der Waals surface area (Å²) in [6.07, 6.45) is 14.5. The fourth-order valence-electron chi connectivity index (χ4n) is 3.68. The first-order valence-electron chi connectivity index (χ1n) is 12.5. The normalized spacial score (nSPS) is 13.1. The van der Waals surface area contributed by atoms with Crippen LogP contribution in [0.1, 0.15) is 90.0 Å². The number of aromatic nitrogens is 2. The Morgan fingerprint density at radius 2 is 1.47 bits per heavy atom. The van der Waals surface area contributed by atoms with Crippen LogP contribution in [0.25, 0.3) is 11.4 Å². The number of hydrogen-bond acceptors (Lipinski definition) is 4. The van der Waals surface area contributed by atoms with Gasteiger partial charge < -0.3 is 9.84 Å². The number of rotatable bonds is 17. The summed E-state index contributed by atoms with van der Waals surface area (Å²) in [6.45, 7) is 4.45. The van der Waals surface area contributed by atoms with E-state index in [9.17, 15) is 9.50 Å². The van der Waals surface area contributed by atoms with Crippen molar-refractivity contribution in [1.82, 2.24) is 9.97 Å². The number of aryl methyl sites for hydroxylation is 1. The maximum atomic E-state index is 13.9. The van der Waals surface area contributed by atoms with Crippen LogP contribution >= 0.6 is 0 Å². The van der Waals surface area contributed by atoms with Crippen molar-refractivity contribution in [3.63, 3.8) is 0 Å². The second-order valence-corrected chi connectivity index (χ2v) is 8.74. The van der Waals surface area contributed by atoms with Gasteiger partial charge in [0.2, 0.25) is 0 Å². The molecule has 2 atom stereocenters. The molecular weight excluding hydrogens is 403 g/mol. The average molecular weight is 445 g/mol. The predicted octanol–water partition coefficient (Wildman–Crippen LogP) is 7.09. The molecule has 1 aromatic heterocycles. The van der Waals surface area contributed by atoms with Gasteiger partial charge in [0.1, 0.15) is 18.5 Å². The number of ether oxygens (including phenoxy) is 1. The van der Waals surface area contributed by atoms with Crippen LogP contribution in [0.3, 0.4) is 0 Å². The third-order valence-corrected chi connectivity index (χ3v) is 5.78. The lowest BCUT2D eigenvalue weighted by atomic mass is 10.0. The van der Waals surface area contributed by atoms with E-state index >= 15 is 0 Å². The molecule has 2 rings (SSSR count). The zero-order valence-corrected chi connectivity index (χ0v) is 19.9. The van der Waals surface area contributed by atoms with E-state index in [0.29, 0.717) is 18.0 Å². The Morgan fingerprint density at radius 3 is 2.09 bits per heavy atom. The number of alkyl halides is 1. The van der Waals surface area contributed by atoms with Gasteiger partial charge in [0.15, 0.2) is 5.82 Å². The van der Waals surface area contributed by atoms with Gasteiger partial charge in [-0.1, -0.05) is 65.2 Å². The van der Waals surface area contributed by atoms with E-state index in [1.54, 1.807) is 0 Å². The van der Waals surface area contributed by atoms with E-state index in [0.717, 1.165) is 56.1 Å². The fourth-order valence-corrected chi connectivity index (χ4v) is 3.68. The highest BCUT2D eigenvalue weighted by molar-refractivity contribution is 5.55. The quantitative estimate of drug-likeness (QED) is 0.265. The predicted molar refractivity (Wildman–Crippen MR) is 130 cm³/mol. The van der Waals surface area contributed by atoms with Crippen molar-refractivity contribution in [2.45, 2.75) is 103 Å². The maximum absolute atomic E-state index is 13.9. The van der Waals surface area contributed by atoms with E-state index < -0.39 is 6.17 Å². The molecular formula is C27H41FN2O2. The highest BCUT2D eigenvalue weighted by atomic mass is 19.1. The molecule has 4 nitrogen and oxygen atoms in total. The van der Waals surface area contributed by atoms with E-state index in [1.807, 2.05) is 36.7 Å². The molecule has 0 spiro atoms. The van der Waals surface area contributed by atoms with Crippen LogP contribution in [0.5, 0.6) is 5.75 Å². The second-order valence-electron chi connectivity index (χ2n) is 8.74. The minimum absolute atomic E-state index is 0.0983. The summed E-state index contributed by atoms with van der Waals surface area (Å²) in [5, 5.41) is 10.1. The Bertz CT molecular complexity index is 658. The molecule has 0 unspecified atom stereocenters. The molecule has 0 radical (unpaired) electrons. The highest BCUT2D eigenvalue weighted by Gasteiger charge is 2.09. The van der Waals surface area contributed by atoms with Crippen molar-refractivity contribution >= 4 is 0 Å². The number of aliphatic hydroxyl groups is 1. The van der Waals surface area contributed by atoms with Crippen LogP contribution < -0.4 is 4.74 Å². The van der Waals surface area contributed by atoms with Gasteiger partial charge in [-0.15, -0.1) is 0 Å². The number of halogens is 1. The molecule has 0 aliphatic carbocycles. The monoisotopic (exact) mass is 444 g/mol. The van der Waals surface area contributed by atoms with Crippen molar-refractivity contribution in [2.75, 3.05) is 6.61 Å². The Hall–Kier alpha value is -2.01. The largest absolute Gasteiger partial charge is 0.491 e. The molecule has 1 aromatic carbocycles. The maximum Gasteiger partial charge on any atom is 0.159 e. The first kappa shape index (κ1) is 26.2. The van der Waals surface area contributed by atoms with Gasteiger partial charge in [-0.3, -0.25) is 0 Å². The van der Waals surface area contributed by atoms with Crippen LogP contribution in [0, 0.1) is 0 Å². The number of benzene rings is 1. The van der Waals surface area contributed by atoms with Gasteiger partial charge in [0, 0.05) is 18.0 Å². The Balaban J connectivity index is 1.73. The lowest BCUT2D eigenvalue weighted by Gasteiger charge is -2.11. The molecule has 0 bridgehead atoms. The van der Waals surface area contributed by atoms with Crippen molar-refractivity contribution in [2.24, 2.45) is 0 Å². The summed E-state index contributed by atoms with van der Waals surface area (Å²) in [5.41, 5.74) is 1.94. The van der Waals surface area contributed by atoms with Gasteiger partial charge in [0.05, 0.1) is 6.10 Å². The van der Waals surface area contributed by atoms with Gasteiger partial charge >= 0.3 is 0 Å². The van der Waals surface area contributed by atoms with Crippen LogP contribution in [0.4, 0.5) is 4.39 Å². The van der Waals surface area contributed by atoms with Gasteiger partial charge in [0.25, 0.3) is 0 Å². The second kappa shape index (κ2) is 15.7. The number of nitrogens with zero attached hydrogens (tertiary/aromatic N) is 2. The van der Waals surface area contributed by atoms with Crippen molar-refractivity contribution in [3.8, 4) is 17.1 Å². The zero-order valence-electron chi connectivity index (χ0n) is 19.9. The number of hydrogen-bond donors (Lipinski definition) is 1. The molecule has 0 aliphatic heterocycles. The van der Waals surface area contributed by atoms with Crippen molar-refractivity contribution < 1.29 is 14.2 Å². The molecule has 0 aliphatic rings. The first-order chi connectivity index (χ1) is 15.6. The number of unbranched alkanes of at least 4 members (excludes halogenated alkanes) is 6. The van der Waals surface area contributed by atoms with Crippen molar-refractivity contribution in [1.29, 1.82) is 0 Å². The molecule has 178 valence electrons. The minimum atomic E-state index is -0.919. The zero-order chi connectivity index (χ0) is 23.0. The summed E-state index contributed by atoms with van der Waals surface area (Å²) in [6, 6.07) is 7.48. The molecule has 0 amide bonds. The first-order valence-corrected chi connectivity index (χ1v) is 12.5. The van der Waals surface area contributed by atoms with E-state index in [2.05, 4.69) is 23.8 Å². The van der Waals surface area contributed by atoms with Crippen LogP contribution in [0.15, 0.2) is 36.7 Å². The van der Waals surface area contributed by atoms with Gasteiger partial charge in [-0.2, -0.15) is 0 Å². The molecule has 1 N–H and O–H groups in total. The molecule has 2 aromatic rings. The Labute approximate surface area is 193 Å². The van der Waals surface area contributed by atoms with Gasteiger partial charge in [-0.05, 0) is 55.5 Å². The third-order valence-electron chi connectivity index (χ3n) is 5.78. The summed E-state index contributed by atoms with van der Waals surface area (Å²) in [4.78, 5) is 8.94. The van der Waals surface area contributed by atoms with Crippen LogP contribution in [0.2, 0.25) is 0 Å². The van der Waals surface area contributed by atoms with Gasteiger partial charge in [-0.25, -0.2) is 14.4 Å². The Morgan fingerprint density at radius 1 is 0.844 bits per heavy atom. The summed E-state index contributed by atoms with van der Waals surface area (Å²) in [7, 11) is 0. The van der Waals surface area contributed by atoms with Crippen molar-refractivity contribution in [3.05, 3.63) is 42.2 Å². The third kappa shape index (κ3) is 10.5. The van der Waals surface area contributed by atoms with E-state index in [1.165, 1.54) is 25.7 Å². The summed E-state index contributed by atoms with van der Waals surface area (Å²) >= 11 is 0. The lowest BCUT2D eigenvalue weighted by Crippen LogP contribution is -2.12. The summed E-state index contributed by atoms with van der Waals surface area (Å²) in [5.74, 6) is 1.31. The molecule has 1 heterocycles. The highest BCUT2D eigenvalue weighted by Crippen LogP contribution is 2.20. The van der Waals surface area contributed by atoms with Crippen LogP contribution in [-0.2, 0) is 6.42 Å². The topological polar surface area (TPSA) is 55.2 Å². The molecule has 0 fully saturated rings. The van der Waals surface area contributed by atoms with E-state index in [-0.39, 0.29) is 12.7 Å². The van der Waals surface area contributed by atoms with Crippen LogP contribution in [-0.4, -0.2) is 34.0 Å². The lowest BCUT2D eigenvalue weighted by molar-refractivity contribution is 0.151. The minimum Gasteiger partial charge on any atom is -0.491 e. The molecule has 0 saturated carbocycles. The Kier molecular flexibility index (Phi) is 12.9. The average Bonchev–Trinajstić information content (AvgIpc) is 2.82. The molecule has 5 heteroatoms. The molecule has 32 heavy (non-hydrogen) atoms. The fraction of sp³-hybridized carbons (Fsp3) is 0.630. The van der Waals surface area contributed by atoms with E-state index in [4.69, 9.17) is 4.74 Å². The smallest absolute Gasteiger partial charge is 0.159 e. The SMILES string of the molecule is CCCCCC[C@@H](O)CCc1cnc(-c2ccc(OC[C@@H](F)CCCCCC)cc2)nc1. The standard InChI is InChI=1S/C27H41FN2O2/c1-3-5-7-9-11-24(28)21-32-26-17-14-23(15-18-26)27-29-19-22(20-30-27)13-16-25(31)12-10-8-6-4-2/h14-15,17-20,24-25,31H,3-13,16,21H2,1-2H3/t24-,25+/m0/s1. The molecule has 0 saturated heterocycles.